The first kappa shape index (κ1) is 21.8. The van der Waals surface area contributed by atoms with Gasteiger partial charge in [0.15, 0.2) is 0 Å². The van der Waals surface area contributed by atoms with Gasteiger partial charge in [-0.15, -0.1) is 0 Å². The van der Waals surface area contributed by atoms with E-state index < -0.39 is 5.60 Å². The molecule has 2 aliphatic rings. The normalized spacial score (nSPS) is 20.1. The Labute approximate surface area is 176 Å². The highest BCUT2D eigenvalue weighted by molar-refractivity contribution is 5.95. The topological polar surface area (TPSA) is 108 Å². The number of anilines is 1. The highest BCUT2D eigenvalue weighted by atomic mass is 16.6. The number of amides is 2. The van der Waals surface area contributed by atoms with E-state index in [1.54, 1.807) is 9.80 Å². The molecular weight excluding hydrogens is 386 g/mol. The van der Waals surface area contributed by atoms with Crippen LogP contribution in [0.15, 0.2) is 29.4 Å². The SMILES string of the molecule is CC(C)(C)OC(=O)N1CCC(Oc2ccc(N3CC(CN=[N+]=[N-])CC3=O)cc2)CC1. The van der Waals surface area contributed by atoms with E-state index in [0.717, 1.165) is 24.3 Å². The first-order valence-electron chi connectivity index (χ1n) is 10.3. The molecular formula is C21H29N5O4. The minimum Gasteiger partial charge on any atom is -0.490 e. The average Bonchev–Trinajstić information content (AvgIpc) is 3.07. The zero-order chi connectivity index (χ0) is 21.7. The molecule has 1 aromatic carbocycles. The Balaban J connectivity index is 1.49. The maximum absolute atomic E-state index is 12.2. The fourth-order valence-electron chi connectivity index (χ4n) is 3.69. The van der Waals surface area contributed by atoms with Crippen molar-refractivity contribution in [2.75, 3.05) is 31.1 Å². The Bertz CT molecular complexity index is 806. The third kappa shape index (κ3) is 5.79. The van der Waals surface area contributed by atoms with Crippen LogP contribution in [-0.2, 0) is 9.53 Å². The predicted octanol–water partition coefficient (Wildman–Crippen LogP) is 4.13. The number of azide groups is 1. The van der Waals surface area contributed by atoms with E-state index in [1.165, 1.54) is 0 Å². The van der Waals surface area contributed by atoms with Crippen molar-refractivity contribution in [1.82, 2.24) is 4.90 Å². The van der Waals surface area contributed by atoms with Crippen molar-refractivity contribution < 1.29 is 19.1 Å². The number of ether oxygens (including phenoxy) is 2. The monoisotopic (exact) mass is 415 g/mol. The lowest BCUT2D eigenvalue weighted by molar-refractivity contribution is -0.117. The van der Waals surface area contributed by atoms with E-state index in [-0.39, 0.29) is 24.0 Å². The summed E-state index contributed by atoms with van der Waals surface area (Å²) >= 11 is 0. The first-order chi connectivity index (χ1) is 14.2. The van der Waals surface area contributed by atoms with Crippen LogP contribution in [-0.4, -0.2) is 54.8 Å². The molecule has 2 aliphatic heterocycles. The second kappa shape index (κ2) is 9.26. The van der Waals surface area contributed by atoms with Crippen LogP contribution in [0.1, 0.15) is 40.0 Å². The Hall–Kier alpha value is -2.93. The standard InChI is InChI=1S/C21H29N5O4/c1-21(2,3)30-20(28)25-10-8-18(9-11-25)29-17-6-4-16(5-7-17)26-14-15(12-19(26)27)13-23-24-22/h4-7,15,18H,8-14H2,1-3H3. The third-order valence-corrected chi connectivity index (χ3v) is 5.15. The van der Waals surface area contributed by atoms with Crippen LogP contribution in [0.4, 0.5) is 10.5 Å². The van der Waals surface area contributed by atoms with E-state index in [4.69, 9.17) is 15.0 Å². The molecule has 9 heteroatoms. The number of benzene rings is 1. The van der Waals surface area contributed by atoms with Crippen LogP contribution >= 0.6 is 0 Å². The van der Waals surface area contributed by atoms with Gasteiger partial charge in [-0.3, -0.25) is 4.79 Å². The molecule has 9 nitrogen and oxygen atoms in total. The summed E-state index contributed by atoms with van der Waals surface area (Å²) in [7, 11) is 0. The predicted molar refractivity (Wildman–Crippen MR) is 112 cm³/mol. The van der Waals surface area contributed by atoms with Crippen molar-refractivity contribution in [1.29, 1.82) is 0 Å². The highest BCUT2D eigenvalue weighted by Crippen LogP contribution is 2.28. The van der Waals surface area contributed by atoms with Gasteiger partial charge in [-0.05, 0) is 56.5 Å². The van der Waals surface area contributed by atoms with Crippen molar-refractivity contribution in [3.05, 3.63) is 34.7 Å². The molecule has 2 heterocycles. The minimum absolute atomic E-state index is 0.0381. The zero-order valence-electron chi connectivity index (χ0n) is 17.8. The van der Waals surface area contributed by atoms with Gasteiger partial charge in [0, 0.05) is 56.0 Å². The van der Waals surface area contributed by atoms with Gasteiger partial charge in [0.2, 0.25) is 5.91 Å². The molecule has 30 heavy (non-hydrogen) atoms. The van der Waals surface area contributed by atoms with Crippen LogP contribution < -0.4 is 9.64 Å². The summed E-state index contributed by atoms with van der Waals surface area (Å²) in [4.78, 5) is 30.6. The Kier molecular flexibility index (Phi) is 6.72. The summed E-state index contributed by atoms with van der Waals surface area (Å²) in [6.07, 6.45) is 1.64. The second-order valence-electron chi connectivity index (χ2n) is 8.77. The zero-order valence-corrected chi connectivity index (χ0v) is 17.8. The number of carbonyl (C=O) groups is 2. The second-order valence-corrected chi connectivity index (χ2v) is 8.77. The summed E-state index contributed by atoms with van der Waals surface area (Å²) in [6, 6.07) is 7.48. The van der Waals surface area contributed by atoms with Crippen LogP contribution in [0.2, 0.25) is 0 Å². The summed E-state index contributed by atoms with van der Waals surface area (Å²) < 4.78 is 11.5. The van der Waals surface area contributed by atoms with Gasteiger partial charge in [-0.1, -0.05) is 5.11 Å². The number of hydrogen-bond acceptors (Lipinski definition) is 5. The number of nitrogens with zero attached hydrogens (tertiary/aromatic N) is 5. The smallest absolute Gasteiger partial charge is 0.410 e. The molecule has 0 radical (unpaired) electrons. The summed E-state index contributed by atoms with van der Waals surface area (Å²) in [5.41, 5.74) is 8.77. The number of carbonyl (C=O) groups excluding carboxylic acids is 2. The van der Waals surface area contributed by atoms with Gasteiger partial charge in [0.25, 0.3) is 0 Å². The maximum Gasteiger partial charge on any atom is 0.410 e. The lowest BCUT2D eigenvalue weighted by Crippen LogP contribution is -2.44. The summed E-state index contributed by atoms with van der Waals surface area (Å²) in [6.45, 7) is 7.68. The van der Waals surface area contributed by atoms with Crippen LogP contribution in [0.25, 0.3) is 10.4 Å². The van der Waals surface area contributed by atoms with Crippen molar-refractivity contribution in [2.45, 2.75) is 51.7 Å². The van der Waals surface area contributed by atoms with Gasteiger partial charge in [0.05, 0.1) is 0 Å². The molecule has 162 valence electrons. The van der Waals surface area contributed by atoms with Crippen molar-refractivity contribution >= 4 is 17.7 Å². The van der Waals surface area contributed by atoms with E-state index in [1.807, 2.05) is 45.0 Å². The molecule has 0 aromatic heterocycles. The highest BCUT2D eigenvalue weighted by Gasteiger charge is 2.30. The van der Waals surface area contributed by atoms with Crippen molar-refractivity contribution in [3.8, 4) is 5.75 Å². The average molecular weight is 415 g/mol. The maximum atomic E-state index is 12.2. The molecule has 0 aliphatic carbocycles. The third-order valence-electron chi connectivity index (χ3n) is 5.15. The Morgan fingerprint density at radius 3 is 2.50 bits per heavy atom. The lowest BCUT2D eigenvalue weighted by atomic mass is 10.1. The Morgan fingerprint density at radius 2 is 1.90 bits per heavy atom. The number of piperidine rings is 1. The van der Waals surface area contributed by atoms with E-state index >= 15 is 0 Å². The molecule has 1 aromatic rings. The van der Waals surface area contributed by atoms with Gasteiger partial charge < -0.3 is 19.3 Å². The number of rotatable bonds is 5. The van der Waals surface area contributed by atoms with Crippen molar-refractivity contribution in [3.63, 3.8) is 0 Å². The molecule has 0 spiro atoms. The van der Waals surface area contributed by atoms with E-state index in [2.05, 4.69) is 10.0 Å². The largest absolute Gasteiger partial charge is 0.490 e. The molecule has 3 rings (SSSR count). The Morgan fingerprint density at radius 1 is 1.23 bits per heavy atom. The first-order valence-corrected chi connectivity index (χ1v) is 10.3. The molecule has 1 atom stereocenters. The fraction of sp³-hybridized carbons (Fsp3) is 0.619. The molecule has 2 amide bonds. The van der Waals surface area contributed by atoms with Gasteiger partial charge in [-0.25, -0.2) is 4.79 Å². The number of likely N-dealkylation sites (tertiary alicyclic amines) is 1. The number of hydrogen-bond donors (Lipinski definition) is 0. The molecule has 2 fully saturated rings. The molecule has 0 saturated carbocycles. The quantitative estimate of drug-likeness (QED) is 0.409. The van der Waals surface area contributed by atoms with Crippen LogP contribution in [0, 0.1) is 5.92 Å². The van der Waals surface area contributed by atoms with Gasteiger partial charge >= 0.3 is 6.09 Å². The summed E-state index contributed by atoms with van der Waals surface area (Å²) in [5, 5.41) is 3.58. The van der Waals surface area contributed by atoms with Crippen LogP contribution in [0.5, 0.6) is 5.75 Å². The van der Waals surface area contributed by atoms with Crippen molar-refractivity contribution in [2.24, 2.45) is 11.0 Å². The molecule has 2 saturated heterocycles. The molecule has 0 bridgehead atoms. The van der Waals surface area contributed by atoms with Crippen LogP contribution in [0.3, 0.4) is 0 Å². The molecule has 0 N–H and O–H groups in total. The molecule has 1 unspecified atom stereocenters. The minimum atomic E-state index is -0.494. The van der Waals surface area contributed by atoms with Gasteiger partial charge in [-0.2, -0.15) is 0 Å². The van der Waals surface area contributed by atoms with E-state index in [9.17, 15) is 9.59 Å². The van der Waals surface area contributed by atoms with E-state index in [0.29, 0.717) is 32.6 Å². The van der Waals surface area contributed by atoms with Gasteiger partial charge in [0.1, 0.15) is 17.5 Å². The summed E-state index contributed by atoms with van der Waals surface area (Å²) in [5.74, 6) is 0.836. The fourth-order valence-corrected chi connectivity index (χ4v) is 3.69. The lowest BCUT2D eigenvalue weighted by Gasteiger charge is -2.33.